The Kier molecular flexibility index (Phi) is 3.62. The molecule has 0 bridgehead atoms. The van der Waals surface area contributed by atoms with Crippen molar-refractivity contribution in [2.75, 3.05) is 5.32 Å². The average Bonchev–Trinajstić information content (AvgIpc) is 2.40. The van der Waals surface area contributed by atoms with Crippen LogP contribution in [0.2, 0.25) is 0 Å². The van der Waals surface area contributed by atoms with Gasteiger partial charge in [0.25, 0.3) is 5.91 Å². The molecule has 0 saturated carbocycles. The largest absolute Gasteiger partial charge is 0.321 e. The first kappa shape index (κ1) is 11.5. The molecule has 0 unspecified atom stereocenters. The van der Waals surface area contributed by atoms with Crippen molar-refractivity contribution in [2.45, 2.75) is 25.7 Å². The van der Waals surface area contributed by atoms with Gasteiger partial charge in [-0.05, 0) is 37.8 Å². The van der Waals surface area contributed by atoms with Crippen LogP contribution >= 0.6 is 0 Å². The summed E-state index contributed by atoms with van der Waals surface area (Å²) in [7, 11) is 0. The van der Waals surface area contributed by atoms with Gasteiger partial charge < -0.3 is 5.32 Å². The predicted molar refractivity (Wildman–Crippen MR) is 69.6 cm³/mol. The summed E-state index contributed by atoms with van der Waals surface area (Å²) in [5, 5.41) is 2.88. The number of para-hydroxylation sites is 1. The van der Waals surface area contributed by atoms with Crippen LogP contribution in [0.15, 0.2) is 35.9 Å². The first-order chi connectivity index (χ1) is 8.31. The van der Waals surface area contributed by atoms with Crippen molar-refractivity contribution in [2.24, 2.45) is 0 Å². The van der Waals surface area contributed by atoms with Gasteiger partial charge in [0.15, 0.2) is 0 Å². The number of allylic oxidation sites excluding steroid dienone is 1. The molecule has 1 N–H and O–H groups in total. The summed E-state index contributed by atoms with van der Waals surface area (Å²) in [5.41, 5.74) is 2.31. The van der Waals surface area contributed by atoms with Crippen LogP contribution in [0.1, 0.15) is 31.2 Å². The van der Waals surface area contributed by atoms with Crippen molar-refractivity contribution >= 4 is 11.6 Å². The van der Waals surface area contributed by atoms with Gasteiger partial charge in [0.1, 0.15) is 0 Å². The third kappa shape index (κ3) is 2.76. The van der Waals surface area contributed by atoms with Crippen molar-refractivity contribution in [3.63, 3.8) is 0 Å². The first-order valence-corrected chi connectivity index (χ1v) is 5.87. The van der Waals surface area contributed by atoms with E-state index in [2.05, 4.69) is 11.2 Å². The highest BCUT2D eigenvalue weighted by Crippen LogP contribution is 2.20. The minimum atomic E-state index is -0.0209. The quantitative estimate of drug-likeness (QED) is 0.770. The number of rotatable bonds is 2. The van der Waals surface area contributed by atoms with Gasteiger partial charge in [-0.15, -0.1) is 6.42 Å². The zero-order valence-corrected chi connectivity index (χ0v) is 9.70. The number of anilines is 1. The van der Waals surface area contributed by atoms with Gasteiger partial charge in [-0.1, -0.05) is 24.1 Å². The molecular formula is C15H15NO. The Morgan fingerprint density at radius 2 is 2.12 bits per heavy atom. The molecule has 1 aliphatic rings. The number of carbonyl (C=O) groups is 1. The highest BCUT2D eigenvalue weighted by Gasteiger charge is 2.13. The number of benzene rings is 1. The SMILES string of the molecule is C#Cc1ccccc1NC(=O)C1=CCCCC1. The first-order valence-electron chi connectivity index (χ1n) is 5.87. The van der Waals surface area contributed by atoms with E-state index in [-0.39, 0.29) is 5.91 Å². The molecule has 0 radical (unpaired) electrons. The fraction of sp³-hybridized carbons (Fsp3) is 0.267. The fourth-order valence-electron chi connectivity index (χ4n) is 1.96. The second-order valence-corrected chi connectivity index (χ2v) is 4.12. The lowest BCUT2D eigenvalue weighted by atomic mass is 9.99. The zero-order valence-electron chi connectivity index (χ0n) is 9.70. The molecule has 17 heavy (non-hydrogen) atoms. The number of amides is 1. The summed E-state index contributed by atoms with van der Waals surface area (Å²) in [6.45, 7) is 0. The Balaban J connectivity index is 2.13. The van der Waals surface area contributed by atoms with E-state index < -0.39 is 0 Å². The van der Waals surface area contributed by atoms with E-state index in [4.69, 9.17) is 6.42 Å². The minimum absolute atomic E-state index is 0.0209. The molecule has 1 amide bonds. The molecule has 1 aromatic rings. The van der Waals surface area contributed by atoms with Crippen LogP contribution in [-0.4, -0.2) is 5.91 Å². The predicted octanol–water partition coefficient (Wildman–Crippen LogP) is 3.11. The van der Waals surface area contributed by atoms with E-state index in [1.807, 2.05) is 30.3 Å². The summed E-state index contributed by atoms with van der Waals surface area (Å²) >= 11 is 0. The van der Waals surface area contributed by atoms with Gasteiger partial charge >= 0.3 is 0 Å². The van der Waals surface area contributed by atoms with Gasteiger partial charge in [0.2, 0.25) is 0 Å². The Labute approximate surface area is 102 Å². The highest BCUT2D eigenvalue weighted by molar-refractivity contribution is 6.04. The van der Waals surface area contributed by atoms with Crippen molar-refractivity contribution in [3.8, 4) is 12.3 Å². The smallest absolute Gasteiger partial charge is 0.251 e. The maximum Gasteiger partial charge on any atom is 0.251 e. The van der Waals surface area contributed by atoms with Crippen LogP contribution in [0, 0.1) is 12.3 Å². The number of hydrogen-bond donors (Lipinski definition) is 1. The molecule has 0 heterocycles. The van der Waals surface area contributed by atoms with Crippen LogP contribution in [0.4, 0.5) is 5.69 Å². The molecule has 0 aromatic heterocycles. The topological polar surface area (TPSA) is 29.1 Å². The van der Waals surface area contributed by atoms with Crippen LogP contribution in [0.5, 0.6) is 0 Å². The van der Waals surface area contributed by atoms with Crippen LogP contribution in [-0.2, 0) is 4.79 Å². The van der Waals surface area contributed by atoms with Gasteiger partial charge in [0, 0.05) is 11.1 Å². The van der Waals surface area contributed by atoms with Crippen LogP contribution < -0.4 is 5.32 Å². The molecular weight excluding hydrogens is 210 g/mol. The summed E-state index contributed by atoms with van der Waals surface area (Å²) in [4.78, 5) is 12.0. The molecule has 0 saturated heterocycles. The molecule has 0 atom stereocenters. The molecule has 1 aromatic carbocycles. The standard InChI is InChI=1S/C15H15NO/c1-2-12-8-6-7-11-14(12)16-15(17)13-9-4-3-5-10-13/h1,6-9,11H,3-5,10H2,(H,16,17). The van der Waals surface area contributed by atoms with E-state index >= 15 is 0 Å². The Hall–Kier alpha value is -2.01. The van der Waals surface area contributed by atoms with Crippen molar-refractivity contribution in [1.82, 2.24) is 0 Å². The van der Waals surface area contributed by atoms with Gasteiger partial charge in [0.05, 0.1) is 5.69 Å². The van der Waals surface area contributed by atoms with E-state index in [0.717, 1.165) is 30.4 Å². The van der Waals surface area contributed by atoms with Crippen molar-refractivity contribution < 1.29 is 4.79 Å². The number of hydrogen-bond acceptors (Lipinski definition) is 1. The molecule has 2 heteroatoms. The third-order valence-corrected chi connectivity index (χ3v) is 2.91. The maximum absolute atomic E-state index is 12.0. The Morgan fingerprint density at radius 3 is 2.82 bits per heavy atom. The average molecular weight is 225 g/mol. The second kappa shape index (κ2) is 5.36. The molecule has 1 aliphatic carbocycles. The van der Waals surface area contributed by atoms with E-state index in [9.17, 15) is 4.79 Å². The summed E-state index contributed by atoms with van der Waals surface area (Å²) in [5.74, 6) is 2.55. The third-order valence-electron chi connectivity index (χ3n) is 2.91. The van der Waals surface area contributed by atoms with Crippen molar-refractivity contribution in [1.29, 1.82) is 0 Å². The Bertz CT molecular complexity index is 494. The van der Waals surface area contributed by atoms with E-state index in [1.165, 1.54) is 6.42 Å². The van der Waals surface area contributed by atoms with E-state index in [1.54, 1.807) is 0 Å². The van der Waals surface area contributed by atoms with Gasteiger partial charge in [-0.25, -0.2) is 0 Å². The zero-order chi connectivity index (χ0) is 12.1. The fourth-order valence-corrected chi connectivity index (χ4v) is 1.96. The number of terminal acetylenes is 1. The van der Waals surface area contributed by atoms with Gasteiger partial charge in [-0.2, -0.15) is 0 Å². The lowest BCUT2D eigenvalue weighted by molar-refractivity contribution is -0.113. The van der Waals surface area contributed by atoms with E-state index in [0.29, 0.717) is 5.69 Å². The molecule has 2 nitrogen and oxygen atoms in total. The summed E-state index contributed by atoms with van der Waals surface area (Å²) in [6, 6.07) is 7.39. The lowest BCUT2D eigenvalue weighted by Crippen LogP contribution is -2.16. The molecule has 0 fully saturated rings. The maximum atomic E-state index is 12.0. The summed E-state index contributed by atoms with van der Waals surface area (Å²) < 4.78 is 0. The monoisotopic (exact) mass is 225 g/mol. The molecule has 86 valence electrons. The number of nitrogens with one attached hydrogen (secondary N) is 1. The van der Waals surface area contributed by atoms with Crippen molar-refractivity contribution in [3.05, 3.63) is 41.5 Å². The molecule has 2 rings (SSSR count). The normalized spacial score (nSPS) is 14.6. The van der Waals surface area contributed by atoms with Crippen LogP contribution in [0.25, 0.3) is 0 Å². The Morgan fingerprint density at radius 1 is 1.29 bits per heavy atom. The highest BCUT2D eigenvalue weighted by atomic mass is 16.1. The minimum Gasteiger partial charge on any atom is -0.321 e. The lowest BCUT2D eigenvalue weighted by Gasteiger charge is -2.13. The van der Waals surface area contributed by atoms with Crippen LogP contribution in [0.3, 0.4) is 0 Å². The second-order valence-electron chi connectivity index (χ2n) is 4.12. The number of carbonyl (C=O) groups excluding carboxylic acids is 1. The molecule has 0 spiro atoms. The van der Waals surface area contributed by atoms with Gasteiger partial charge in [-0.3, -0.25) is 4.79 Å². The molecule has 0 aliphatic heterocycles. The summed E-state index contributed by atoms with van der Waals surface area (Å²) in [6.07, 6.45) is 11.6.